The fourth-order valence-corrected chi connectivity index (χ4v) is 1.04. The molecule has 5 nitrogen and oxygen atoms in total. The van der Waals surface area contributed by atoms with Gasteiger partial charge in [-0.3, -0.25) is 8.98 Å². The molecule has 6 heteroatoms. The van der Waals surface area contributed by atoms with E-state index in [0.29, 0.717) is 12.1 Å². The smallest absolute Gasteiger partial charge is 0.257 e. The molecule has 0 radical (unpaired) electrons. The van der Waals surface area contributed by atoms with Crippen LogP contribution in [0.2, 0.25) is 0 Å². The summed E-state index contributed by atoms with van der Waals surface area (Å²) in [5, 5.41) is 2.59. The Morgan fingerprint density at radius 1 is 1.57 bits per heavy atom. The maximum atomic E-state index is 11.0. The van der Waals surface area contributed by atoms with E-state index in [1.807, 2.05) is 0 Å². The molecule has 0 aromatic heterocycles. The second kappa shape index (κ2) is 6.56. The third kappa shape index (κ3) is 6.62. The van der Waals surface area contributed by atoms with Crippen molar-refractivity contribution < 1.29 is 17.4 Å². The molecule has 0 aliphatic carbocycles. The van der Waals surface area contributed by atoms with Crippen molar-refractivity contribution >= 4 is 16.9 Å². The number of hydrogen-bond donors (Lipinski definition) is 2. The monoisotopic (exact) mass is 221 g/mol. The van der Waals surface area contributed by atoms with Gasteiger partial charge < -0.3 is 5.32 Å². The van der Waals surface area contributed by atoms with Gasteiger partial charge in [-0.15, -0.1) is 0 Å². The van der Waals surface area contributed by atoms with Crippen LogP contribution in [-0.4, -0.2) is 27.5 Å². The predicted molar refractivity (Wildman–Crippen MR) is 53.3 cm³/mol. The van der Waals surface area contributed by atoms with Gasteiger partial charge in [-0.25, -0.2) is 8.42 Å². The van der Waals surface area contributed by atoms with Crippen molar-refractivity contribution in [1.29, 1.82) is 0 Å². The van der Waals surface area contributed by atoms with Crippen molar-refractivity contribution in [2.24, 2.45) is 5.92 Å². The molecule has 0 heterocycles. The van der Waals surface area contributed by atoms with Crippen LogP contribution >= 0.6 is 0 Å². The average molecular weight is 221 g/mol. The van der Waals surface area contributed by atoms with Crippen LogP contribution in [0.5, 0.6) is 0 Å². The van der Waals surface area contributed by atoms with Gasteiger partial charge >= 0.3 is 0 Å². The van der Waals surface area contributed by atoms with Crippen LogP contribution in [0.25, 0.3) is 0 Å². The van der Waals surface area contributed by atoms with E-state index in [-0.39, 0.29) is 18.4 Å². The Labute approximate surface area is 85.3 Å². The molecule has 1 N–H and O–H groups in total. The van der Waals surface area contributed by atoms with Crippen LogP contribution in [0, 0.1) is 5.92 Å². The first-order valence-corrected chi connectivity index (χ1v) is 5.24. The number of hydrogen-bond acceptors (Lipinski definition) is 4. The van der Waals surface area contributed by atoms with Gasteiger partial charge in [0.25, 0.3) is 11.0 Å². The quantitative estimate of drug-likeness (QED) is 0.483. The molecular weight excluding hydrogens is 206 g/mol. The molecular formula is C8H15NO4S. The minimum absolute atomic E-state index is 0.0498. The van der Waals surface area contributed by atoms with Crippen LogP contribution in [0.1, 0.15) is 13.8 Å². The highest BCUT2D eigenvalue weighted by Crippen LogP contribution is 1.95. The molecule has 0 aliphatic heterocycles. The minimum Gasteiger partial charge on any atom is -0.352 e. The summed E-state index contributed by atoms with van der Waals surface area (Å²) < 4.78 is 24.5. The number of rotatable bonds is 6. The molecule has 0 bridgehead atoms. The third-order valence-electron chi connectivity index (χ3n) is 1.46. The highest BCUT2D eigenvalue weighted by molar-refractivity contribution is 7.67. The number of carbonyl (C=O) groups is 1. The molecule has 1 atom stereocenters. The molecule has 0 fully saturated rings. The Bertz CT molecular complexity index is 277. The second-order valence-corrected chi connectivity index (χ2v) is 3.82. The van der Waals surface area contributed by atoms with E-state index >= 15 is 0 Å². The highest BCUT2D eigenvalue weighted by Gasteiger charge is 2.06. The fraction of sp³-hybridized carbons (Fsp3) is 0.625. The fourth-order valence-electron chi connectivity index (χ4n) is 0.665. The lowest BCUT2D eigenvalue weighted by molar-refractivity contribution is -0.117. The van der Waals surface area contributed by atoms with Crippen LogP contribution in [0.4, 0.5) is 0 Å². The Morgan fingerprint density at radius 2 is 2.14 bits per heavy atom. The topological polar surface area (TPSA) is 72.5 Å². The highest BCUT2D eigenvalue weighted by atomic mass is 32.2. The Morgan fingerprint density at radius 3 is 2.57 bits per heavy atom. The Kier molecular flexibility index (Phi) is 6.14. The number of amides is 1. The molecule has 0 aromatic carbocycles. The summed E-state index contributed by atoms with van der Waals surface area (Å²) >= 11 is 0. The average Bonchev–Trinajstić information content (AvgIpc) is 2.10. The number of thiol groups is 1. The largest absolute Gasteiger partial charge is 0.352 e. The van der Waals surface area contributed by atoms with Crippen molar-refractivity contribution in [2.45, 2.75) is 13.8 Å². The van der Waals surface area contributed by atoms with E-state index < -0.39 is 11.0 Å². The lowest BCUT2D eigenvalue weighted by atomic mass is 10.2. The standard InChI is InChI=1S/C8H15NO4S/c1-6(2)8(10)9-4-7(3)5-13-14(11)12/h7,14H,1,4-5H2,2-3H3,(H,9,10). The summed E-state index contributed by atoms with van der Waals surface area (Å²) in [6, 6.07) is 0. The van der Waals surface area contributed by atoms with Crippen LogP contribution < -0.4 is 5.32 Å². The van der Waals surface area contributed by atoms with E-state index in [0.717, 1.165) is 0 Å². The van der Waals surface area contributed by atoms with Crippen molar-refractivity contribution in [3.63, 3.8) is 0 Å². The van der Waals surface area contributed by atoms with Crippen LogP contribution in [0.15, 0.2) is 12.2 Å². The van der Waals surface area contributed by atoms with Gasteiger partial charge in [-0.2, -0.15) is 0 Å². The normalized spacial score (nSPS) is 12.5. The van der Waals surface area contributed by atoms with E-state index in [2.05, 4.69) is 16.1 Å². The molecule has 1 unspecified atom stereocenters. The van der Waals surface area contributed by atoms with E-state index in [1.165, 1.54) is 0 Å². The summed E-state index contributed by atoms with van der Waals surface area (Å²) in [6.07, 6.45) is 0. The summed E-state index contributed by atoms with van der Waals surface area (Å²) in [5.74, 6) is -0.283. The van der Waals surface area contributed by atoms with Crippen molar-refractivity contribution in [3.05, 3.63) is 12.2 Å². The minimum atomic E-state index is -2.80. The first-order valence-electron chi connectivity index (χ1n) is 4.14. The first kappa shape index (κ1) is 13.1. The van der Waals surface area contributed by atoms with Crippen LogP contribution in [0.3, 0.4) is 0 Å². The van der Waals surface area contributed by atoms with Gasteiger partial charge in [-0.1, -0.05) is 13.5 Å². The zero-order valence-electron chi connectivity index (χ0n) is 8.28. The van der Waals surface area contributed by atoms with E-state index in [4.69, 9.17) is 0 Å². The van der Waals surface area contributed by atoms with Crippen molar-refractivity contribution in [3.8, 4) is 0 Å². The van der Waals surface area contributed by atoms with E-state index in [1.54, 1.807) is 13.8 Å². The summed E-state index contributed by atoms with van der Waals surface area (Å²) in [7, 11) is -2.80. The summed E-state index contributed by atoms with van der Waals surface area (Å²) in [5.41, 5.74) is 0.424. The number of carbonyl (C=O) groups excluding carboxylic acids is 1. The van der Waals surface area contributed by atoms with Gasteiger partial charge in [0.2, 0.25) is 5.91 Å². The third-order valence-corrected chi connectivity index (χ3v) is 1.82. The summed E-state index contributed by atoms with van der Waals surface area (Å²) in [4.78, 5) is 11.0. The van der Waals surface area contributed by atoms with Gasteiger partial charge in [0.1, 0.15) is 0 Å². The van der Waals surface area contributed by atoms with Gasteiger partial charge in [0.15, 0.2) is 0 Å². The zero-order chi connectivity index (χ0) is 11.1. The van der Waals surface area contributed by atoms with Gasteiger partial charge in [0, 0.05) is 12.1 Å². The molecule has 14 heavy (non-hydrogen) atoms. The van der Waals surface area contributed by atoms with Gasteiger partial charge in [-0.05, 0) is 12.8 Å². The van der Waals surface area contributed by atoms with Gasteiger partial charge in [0.05, 0.1) is 6.61 Å². The molecule has 0 aromatic rings. The SMILES string of the molecule is C=C(C)C(=O)NCC(C)CO[SH](=O)=O. The molecule has 0 rings (SSSR count). The second-order valence-electron chi connectivity index (χ2n) is 3.11. The Balaban J connectivity index is 3.68. The molecule has 0 saturated heterocycles. The molecule has 0 saturated carbocycles. The lowest BCUT2D eigenvalue weighted by Gasteiger charge is -2.10. The summed E-state index contributed by atoms with van der Waals surface area (Å²) in [6.45, 7) is 7.29. The maximum Gasteiger partial charge on any atom is 0.257 e. The zero-order valence-corrected chi connectivity index (χ0v) is 9.17. The molecule has 82 valence electrons. The molecule has 1 amide bonds. The van der Waals surface area contributed by atoms with Crippen molar-refractivity contribution in [1.82, 2.24) is 5.32 Å². The van der Waals surface area contributed by atoms with E-state index in [9.17, 15) is 13.2 Å². The molecule has 0 aliphatic rings. The number of nitrogens with one attached hydrogen (secondary N) is 1. The molecule has 0 spiro atoms. The van der Waals surface area contributed by atoms with Crippen LogP contribution in [-0.2, 0) is 20.0 Å². The first-order chi connectivity index (χ1) is 6.43. The Hall–Kier alpha value is -0.880. The van der Waals surface area contributed by atoms with Crippen molar-refractivity contribution in [2.75, 3.05) is 13.2 Å². The predicted octanol–water partition coefficient (Wildman–Crippen LogP) is -0.142. The maximum absolute atomic E-state index is 11.0. The lowest BCUT2D eigenvalue weighted by Crippen LogP contribution is -2.30.